The highest BCUT2D eigenvalue weighted by Gasteiger charge is 2.12. The first kappa shape index (κ1) is 15.1. The fourth-order valence-electron chi connectivity index (χ4n) is 1.71. The summed E-state index contributed by atoms with van der Waals surface area (Å²) in [5.41, 5.74) is 2.32. The van der Waals surface area contributed by atoms with Gasteiger partial charge in [-0.25, -0.2) is 13.6 Å². The molecule has 0 aliphatic heterocycles. The zero-order chi connectivity index (χ0) is 15.6. The predicted molar refractivity (Wildman–Crippen MR) is 79.5 cm³/mol. The molecule has 6 nitrogen and oxygen atoms in total. The molecule has 0 spiro atoms. The van der Waals surface area contributed by atoms with Gasteiger partial charge < -0.3 is 5.32 Å². The molecule has 1 amide bonds. The van der Waals surface area contributed by atoms with E-state index in [1.807, 2.05) is 6.92 Å². The molecule has 0 saturated carbocycles. The third-order valence-corrected chi connectivity index (χ3v) is 3.87. The van der Waals surface area contributed by atoms with Crippen LogP contribution in [0.2, 0.25) is 0 Å². The number of rotatable bonds is 3. The molecule has 3 N–H and O–H groups in total. The monoisotopic (exact) mass is 305 g/mol. The predicted octanol–water partition coefficient (Wildman–Crippen LogP) is 1.60. The molecular formula is C14H15N3O3S. The number of hydrogen-bond donors (Lipinski definition) is 2. The number of sulfonamides is 1. The summed E-state index contributed by atoms with van der Waals surface area (Å²) >= 11 is 0. The van der Waals surface area contributed by atoms with Crippen LogP contribution >= 0.6 is 0 Å². The van der Waals surface area contributed by atoms with E-state index in [0.29, 0.717) is 11.3 Å². The highest BCUT2D eigenvalue weighted by molar-refractivity contribution is 7.89. The Balaban J connectivity index is 2.31. The van der Waals surface area contributed by atoms with Gasteiger partial charge in [0.15, 0.2) is 0 Å². The van der Waals surface area contributed by atoms with Crippen LogP contribution < -0.4 is 10.5 Å². The third-order valence-electron chi connectivity index (χ3n) is 2.96. The van der Waals surface area contributed by atoms with E-state index in [1.165, 1.54) is 18.3 Å². The second-order valence-electron chi connectivity index (χ2n) is 4.66. The van der Waals surface area contributed by atoms with E-state index in [0.717, 1.165) is 11.3 Å². The van der Waals surface area contributed by atoms with Crippen molar-refractivity contribution in [1.82, 2.24) is 4.98 Å². The van der Waals surface area contributed by atoms with E-state index in [4.69, 9.17) is 5.14 Å². The number of hydrogen-bond acceptors (Lipinski definition) is 4. The van der Waals surface area contributed by atoms with Gasteiger partial charge in [0, 0.05) is 17.6 Å². The standard InChI is InChI=1S/C14H15N3O3S/c1-9-3-6-12(21(15,19)20)7-13(9)17-14(18)11-5-4-10(2)16-8-11/h3-8H,1-2H3,(H,17,18)(H2,15,19,20). The van der Waals surface area contributed by atoms with Crippen molar-refractivity contribution < 1.29 is 13.2 Å². The Labute approximate surface area is 123 Å². The number of anilines is 1. The summed E-state index contributed by atoms with van der Waals surface area (Å²) in [7, 11) is -3.81. The third kappa shape index (κ3) is 3.65. The average molecular weight is 305 g/mol. The van der Waals surface area contributed by atoms with Gasteiger partial charge in [-0.05, 0) is 43.7 Å². The van der Waals surface area contributed by atoms with Gasteiger partial charge in [0.2, 0.25) is 10.0 Å². The maximum Gasteiger partial charge on any atom is 0.257 e. The van der Waals surface area contributed by atoms with E-state index in [9.17, 15) is 13.2 Å². The molecule has 0 aliphatic carbocycles. The lowest BCUT2D eigenvalue weighted by atomic mass is 10.2. The number of nitrogens with one attached hydrogen (secondary N) is 1. The zero-order valence-electron chi connectivity index (χ0n) is 11.6. The van der Waals surface area contributed by atoms with E-state index >= 15 is 0 Å². The minimum atomic E-state index is -3.81. The number of amides is 1. The van der Waals surface area contributed by atoms with Gasteiger partial charge in [0.25, 0.3) is 5.91 Å². The van der Waals surface area contributed by atoms with Crippen molar-refractivity contribution in [2.45, 2.75) is 18.7 Å². The second-order valence-corrected chi connectivity index (χ2v) is 6.23. The van der Waals surface area contributed by atoms with E-state index in [2.05, 4.69) is 10.3 Å². The highest BCUT2D eigenvalue weighted by Crippen LogP contribution is 2.20. The van der Waals surface area contributed by atoms with Gasteiger partial charge in [0.05, 0.1) is 10.5 Å². The normalized spacial score (nSPS) is 11.2. The smallest absolute Gasteiger partial charge is 0.257 e. The molecular weight excluding hydrogens is 290 g/mol. The van der Waals surface area contributed by atoms with Gasteiger partial charge >= 0.3 is 0 Å². The maximum absolute atomic E-state index is 12.1. The Morgan fingerprint density at radius 1 is 1.19 bits per heavy atom. The number of benzene rings is 1. The van der Waals surface area contributed by atoms with Gasteiger partial charge in [-0.3, -0.25) is 9.78 Å². The fourth-order valence-corrected chi connectivity index (χ4v) is 2.25. The minimum absolute atomic E-state index is 0.0505. The second kappa shape index (κ2) is 5.63. The molecule has 1 aromatic heterocycles. The highest BCUT2D eigenvalue weighted by atomic mass is 32.2. The van der Waals surface area contributed by atoms with Gasteiger partial charge in [-0.2, -0.15) is 0 Å². The number of carbonyl (C=O) groups excluding carboxylic acids is 1. The minimum Gasteiger partial charge on any atom is -0.322 e. The summed E-state index contributed by atoms with van der Waals surface area (Å²) in [5, 5.41) is 7.74. The Kier molecular flexibility index (Phi) is 4.06. The van der Waals surface area contributed by atoms with Crippen LogP contribution in [0.4, 0.5) is 5.69 Å². The van der Waals surface area contributed by atoms with Crippen LogP contribution in [0.15, 0.2) is 41.4 Å². The first-order chi connectivity index (χ1) is 9.77. The molecule has 2 rings (SSSR count). The zero-order valence-corrected chi connectivity index (χ0v) is 12.4. The molecule has 0 bridgehead atoms. The van der Waals surface area contributed by atoms with Crippen LogP contribution in [-0.2, 0) is 10.0 Å². The molecule has 0 fully saturated rings. The first-order valence-corrected chi connectivity index (χ1v) is 7.69. The van der Waals surface area contributed by atoms with E-state index in [-0.39, 0.29) is 10.8 Å². The molecule has 21 heavy (non-hydrogen) atoms. The largest absolute Gasteiger partial charge is 0.322 e. The average Bonchev–Trinajstić information content (AvgIpc) is 2.40. The number of aryl methyl sites for hydroxylation is 2. The van der Waals surface area contributed by atoms with Crippen molar-refractivity contribution in [1.29, 1.82) is 0 Å². The summed E-state index contributed by atoms with van der Waals surface area (Å²) < 4.78 is 22.7. The lowest BCUT2D eigenvalue weighted by Crippen LogP contribution is -2.16. The fraction of sp³-hybridized carbons (Fsp3) is 0.143. The van der Waals surface area contributed by atoms with Crippen LogP contribution in [0, 0.1) is 13.8 Å². The summed E-state index contributed by atoms with van der Waals surface area (Å²) in [4.78, 5) is 16.1. The van der Waals surface area contributed by atoms with Crippen molar-refractivity contribution in [3.05, 3.63) is 53.3 Å². The lowest BCUT2D eigenvalue weighted by molar-refractivity contribution is 0.102. The molecule has 1 aromatic carbocycles. The molecule has 0 saturated heterocycles. The molecule has 0 aliphatic rings. The molecule has 0 atom stereocenters. The molecule has 0 radical (unpaired) electrons. The van der Waals surface area contributed by atoms with Crippen molar-refractivity contribution in [3.63, 3.8) is 0 Å². The topological polar surface area (TPSA) is 102 Å². The number of primary sulfonamides is 1. The molecule has 7 heteroatoms. The van der Waals surface area contributed by atoms with Gasteiger partial charge in [-0.1, -0.05) is 6.07 Å². The van der Waals surface area contributed by atoms with Gasteiger partial charge in [-0.15, -0.1) is 0 Å². The van der Waals surface area contributed by atoms with Crippen LogP contribution in [0.25, 0.3) is 0 Å². The summed E-state index contributed by atoms with van der Waals surface area (Å²) in [6.07, 6.45) is 1.46. The van der Waals surface area contributed by atoms with Crippen molar-refractivity contribution in [2.75, 3.05) is 5.32 Å². The summed E-state index contributed by atoms with van der Waals surface area (Å²) in [6, 6.07) is 7.69. The first-order valence-electron chi connectivity index (χ1n) is 6.15. The number of nitrogens with zero attached hydrogens (tertiary/aromatic N) is 1. The van der Waals surface area contributed by atoms with Crippen LogP contribution in [0.1, 0.15) is 21.6 Å². The summed E-state index contributed by atoms with van der Waals surface area (Å²) in [6.45, 7) is 3.58. The Morgan fingerprint density at radius 2 is 1.90 bits per heavy atom. The number of carbonyl (C=O) groups is 1. The van der Waals surface area contributed by atoms with Crippen molar-refractivity contribution >= 4 is 21.6 Å². The Bertz CT molecular complexity index is 784. The molecule has 0 unspecified atom stereocenters. The van der Waals surface area contributed by atoms with Crippen molar-refractivity contribution in [2.24, 2.45) is 5.14 Å². The van der Waals surface area contributed by atoms with Crippen LogP contribution in [0.3, 0.4) is 0 Å². The maximum atomic E-state index is 12.1. The molecule has 110 valence electrons. The van der Waals surface area contributed by atoms with E-state index in [1.54, 1.807) is 25.1 Å². The number of nitrogens with two attached hydrogens (primary N) is 1. The van der Waals surface area contributed by atoms with Crippen LogP contribution in [-0.4, -0.2) is 19.3 Å². The van der Waals surface area contributed by atoms with Crippen LogP contribution in [0.5, 0.6) is 0 Å². The quantitative estimate of drug-likeness (QED) is 0.899. The molecule has 1 heterocycles. The van der Waals surface area contributed by atoms with Crippen molar-refractivity contribution in [3.8, 4) is 0 Å². The van der Waals surface area contributed by atoms with Gasteiger partial charge in [0.1, 0.15) is 0 Å². The van der Waals surface area contributed by atoms with E-state index < -0.39 is 10.0 Å². The number of pyridine rings is 1. The molecule has 2 aromatic rings. The Morgan fingerprint density at radius 3 is 2.48 bits per heavy atom. The lowest BCUT2D eigenvalue weighted by Gasteiger charge is -2.10. The number of aromatic nitrogens is 1. The SMILES string of the molecule is Cc1ccc(C(=O)Nc2cc(S(N)(=O)=O)ccc2C)cn1. The Hall–Kier alpha value is -2.25. The summed E-state index contributed by atoms with van der Waals surface area (Å²) in [5.74, 6) is -0.364.